The van der Waals surface area contributed by atoms with E-state index in [9.17, 15) is 14.0 Å². The van der Waals surface area contributed by atoms with Crippen LogP contribution in [-0.4, -0.2) is 55.9 Å². The average Bonchev–Trinajstić information content (AvgIpc) is 3.38. The Kier molecular flexibility index (Phi) is 8.16. The third kappa shape index (κ3) is 6.18. The van der Waals surface area contributed by atoms with Gasteiger partial charge >= 0.3 is 6.09 Å². The molecule has 0 unspecified atom stereocenters. The number of hydrogen-bond acceptors (Lipinski definition) is 6. The number of nitrogens with zero attached hydrogens (tertiary/aromatic N) is 5. The van der Waals surface area contributed by atoms with Gasteiger partial charge in [0, 0.05) is 43.9 Å². The molecule has 2 amide bonds. The highest BCUT2D eigenvalue weighted by Crippen LogP contribution is 2.22. The molecule has 0 saturated carbocycles. The Bertz CT molecular complexity index is 1680. The highest BCUT2D eigenvalue weighted by molar-refractivity contribution is 6.31. The van der Waals surface area contributed by atoms with Crippen LogP contribution in [0.1, 0.15) is 17.8 Å². The largest absolute Gasteiger partial charge is 0.447 e. The van der Waals surface area contributed by atoms with E-state index in [4.69, 9.17) is 16.3 Å². The van der Waals surface area contributed by atoms with Gasteiger partial charge < -0.3 is 14.0 Å². The van der Waals surface area contributed by atoms with Crippen molar-refractivity contribution in [3.05, 3.63) is 102 Å². The average molecular weight is 561 g/mol. The number of aryl methyl sites for hydroxylation is 1. The highest BCUT2D eigenvalue weighted by atomic mass is 35.5. The van der Waals surface area contributed by atoms with Crippen molar-refractivity contribution in [2.24, 2.45) is 0 Å². The van der Waals surface area contributed by atoms with E-state index in [0.717, 1.165) is 16.3 Å². The van der Waals surface area contributed by atoms with Crippen molar-refractivity contribution in [1.82, 2.24) is 24.3 Å². The van der Waals surface area contributed by atoms with Crippen molar-refractivity contribution in [3.63, 3.8) is 0 Å². The second-order valence-electron chi connectivity index (χ2n) is 9.26. The predicted molar refractivity (Wildman–Crippen MR) is 150 cm³/mol. The fourth-order valence-electron chi connectivity index (χ4n) is 4.40. The molecule has 3 aromatic heterocycles. The van der Waals surface area contributed by atoms with E-state index in [1.165, 1.54) is 11.0 Å². The van der Waals surface area contributed by atoms with Crippen LogP contribution in [0, 0.1) is 5.82 Å². The minimum absolute atomic E-state index is 0.00859. The number of carbonyl (C=O) groups is 2. The first-order chi connectivity index (χ1) is 19.4. The van der Waals surface area contributed by atoms with Gasteiger partial charge in [0.05, 0.1) is 29.0 Å². The van der Waals surface area contributed by atoms with Crippen LogP contribution in [0.25, 0.3) is 16.3 Å². The summed E-state index contributed by atoms with van der Waals surface area (Å²) in [7, 11) is 1.64. The second-order valence-corrected chi connectivity index (χ2v) is 9.64. The van der Waals surface area contributed by atoms with Gasteiger partial charge in [-0.1, -0.05) is 48.0 Å². The van der Waals surface area contributed by atoms with Crippen LogP contribution in [0.5, 0.6) is 0 Å². The molecule has 0 aliphatic carbocycles. The molecule has 0 bridgehead atoms. The quantitative estimate of drug-likeness (QED) is 0.262. The van der Waals surface area contributed by atoms with Crippen LogP contribution in [-0.2, 0) is 22.4 Å². The van der Waals surface area contributed by atoms with Crippen LogP contribution in [0.4, 0.5) is 15.0 Å². The minimum atomic E-state index is -0.697. The van der Waals surface area contributed by atoms with Crippen molar-refractivity contribution in [2.75, 3.05) is 19.0 Å². The molecule has 1 atom stereocenters. The highest BCUT2D eigenvalue weighted by Gasteiger charge is 2.24. The lowest BCUT2D eigenvalue weighted by atomic mass is 10.1. The van der Waals surface area contributed by atoms with Crippen molar-refractivity contribution in [1.29, 1.82) is 0 Å². The van der Waals surface area contributed by atoms with Crippen molar-refractivity contribution in [3.8, 4) is 0 Å². The number of imidazole rings is 1. The van der Waals surface area contributed by atoms with Crippen LogP contribution in [0.3, 0.4) is 0 Å². The molecular weight excluding hydrogens is 535 g/mol. The number of carbonyl (C=O) groups excluding carboxylic acids is 2. The Hall–Kier alpha value is -4.57. The molecule has 0 aliphatic heterocycles. The minimum Gasteiger partial charge on any atom is -0.447 e. The molecule has 3 heterocycles. The molecule has 11 heteroatoms. The molecule has 0 radical (unpaired) electrons. The standard InChI is InChI=1S/C29H26ClFN6O3/c1-36(27(38)10-9-19-7-4-8-24(31)28(19)30)22(14-26-34-17-23-16-32-11-12-37(23)26)18-40-29(39)35-25-13-20-5-2-3-6-21(20)15-33-25/h2-8,11-13,15-17,22H,9-10,14,18H2,1H3,(H,33,35,39)/t22-/m0/s1. The third-order valence-electron chi connectivity index (χ3n) is 6.68. The lowest BCUT2D eigenvalue weighted by Gasteiger charge is -2.28. The zero-order valence-electron chi connectivity index (χ0n) is 21.6. The van der Waals surface area contributed by atoms with E-state index in [-0.39, 0.29) is 30.4 Å². The number of benzene rings is 2. The zero-order valence-corrected chi connectivity index (χ0v) is 22.4. The van der Waals surface area contributed by atoms with E-state index in [1.807, 2.05) is 28.7 Å². The number of likely N-dealkylation sites (N-methyl/N-ethyl adjacent to an activating group) is 1. The summed E-state index contributed by atoms with van der Waals surface area (Å²) in [6.07, 6.45) is 8.43. The Labute approximate surface area is 234 Å². The molecule has 40 heavy (non-hydrogen) atoms. The molecular formula is C29H26ClFN6O3. The summed E-state index contributed by atoms with van der Waals surface area (Å²) in [5.41, 5.74) is 1.34. The maximum absolute atomic E-state index is 13.8. The van der Waals surface area contributed by atoms with Gasteiger partial charge in [-0.25, -0.2) is 19.2 Å². The molecule has 5 rings (SSSR count). The Morgan fingerprint density at radius 3 is 2.77 bits per heavy atom. The lowest BCUT2D eigenvalue weighted by Crippen LogP contribution is -2.42. The topological polar surface area (TPSA) is 102 Å². The van der Waals surface area contributed by atoms with E-state index < -0.39 is 18.0 Å². The molecule has 0 spiro atoms. The number of nitrogens with one attached hydrogen (secondary N) is 1. The number of anilines is 1. The summed E-state index contributed by atoms with van der Waals surface area (Å²) in [6, 6.07) is 13.4. The first-order valence-electron chi connectivity index (χ1n) is 12.6. The molecule has 1 N–H and O–H groups in total. The molecule has 0 fully saturated rings. The maximum atomic E-state index is 13.8. The number of halogens is 2. The van der Waals surface area contributed by atoms with Crippen molar-refractivity contribution >= 4 is 45.7 Å². The number of fused-ring (bicyclic) bond motifs is 2. The van der Waals surface area contributed by atoms with Crippen molar-refractivity contribution < 1.29 is 18.7 Å². The Morgan fingerprint density at radius 2 is 1.93 bits per heavy atom. The number of rotatable bonds is 9. The number of ether oxygens (including phenoxy) is 1. The van der Waals surface area contributed by atoms with E-state index in [2.05, 4.69) is 20.3 Å². The van der Waals surface area contributed by atoms with Gasteiger partial charge in [-0.2, -0.15) is 0 Å². The molecule has 9 nitrogen and oxygen atoms in total. The summed E-state index contributed by atoms with van der Waals surface area (Å²) < 4.78 is 21.3. The van der Waals surface area contributed by atoms with Gasteiger partial charge in [-0.05, 0) is 29.5 Å². The summed E-state index contributed by atoms with van der Waals surface area (Å²) in [5, 5.41) is 4.53. The predicted octanol–water partition coefficient (Wildman–Crippen LogP) is 5.32. The van der Waals surface area contributed by atoms with E-state index >= 15 is 0 Å². The van der Waals surface area contributed by atoms with Crippen LogP contribution in [0.2, 0.25) is 5.02 Å². The van der Waals surface area contributed by atoms with E-state index in [0.29, 0.717) is 23.6 Å². The van der Waals surface area contributed by atoms with Crippen molar-refractivity contribution in [2.45, 2.75) is 25.3 Å². The SMILES string of the molecule is CN(C(=O)CCc1cccc(F)c1Cl)[C@H](COC(=O)Nc1cc2ccccc2cn1)Cc1ncc2cnccn12. The summed E-state index contributed by atoms with van der Waals surface area (Å²) >= 11 is 6.07. The fraction of sp³-hybridized carbons (Fsp3) is 0.207. The molecule has 2 aromatic carbocycles. The summed E-state index contributed by atoms with van der Waals surface area (Å²) in [5.74, 6) is 0.283. The molecule has 5 aromatic rings. The van der Waals surface area contributed by atoms with Gasteiger partial charge in [-0.15, -0.1) is 0 Å². The first-order valence-corrected chi connectivity index (χ1v) is 13.0. The first kappa shape index (κ1) is 27.0. The smallest absolute Gasteiger partial charge is 0.412 e. The molecule has 0 saturated heterocycles. The summed E-state index contributed by atoms with van der Waals surface area (Å²) in [6.45, 7) is -0.0949. The Balaban J connectivity index is 1.28. The Morgan fingerprint density at radius 1 is 1.10 bits per heavy atom. The van der Waals surface area contributed by atoms with Gasteiger partial charge in [0.25, 0.3) is 0 Å². The van der Waals surface area contributed by atoms with Gasteiger partial charge in [0.1, 0.15) is 24.1 Å². The van der Waals surface area contributed by atoms with E-state index in [1.54, 1.807) is 56.2 Å². The summed E-state index contributed by atoms with van der Waals surface area (Å²) in [4.78, 5) is 40.2. The van der Waals surface area contributed by atoms with Gasteiger partial charge in [0.2, 0.25) is 5.91 Å². The second kappa shape index (κ2) is 12.1. The number of hydrogen-bond donors (Lipinski definition) is 1. The zero-order chi connectivity index (χ0) is 28.1. The molecule has 204 valence electrons. The number of pyridine rings is 1. The van der Waals surface area contributed by atoms with Gasteiger partial charge in [-0.3, -0.25) is 15.1 Å². The normalized spacial score (nSPS) is 11.9. The van der Waals surface area contributed by atoms with Crippen LogP contribution in [0.15, 0.2) is 79.5 Å². The number of amides is 2. The third-order valence-corrected chi connectivity index (χ3v) is 7.10. The van der Waals surface area contributed by atoms with Crippen LogP contribution >= 0.6 is 11.6 Å². The van der Waals surface area contributed by atoms with Gasteiger partial charge in [0.15, 0.2) is 0 Å². The monoisotopic (exact) mass is 560 g/mol. The number of aromatic nitrogens is 4. The fourth-order valence-corrected chi connectivity index (χ4v) is 4.62. The maximum Gasteiger partial charge on any atom is 0.412 e. The lowest BCUT2D eigenvalue weighted by molar-refractivity contribution is -0.132. The van der Waals surface area contributed by atoms with Crippen LogP contribution < -0.4 is 5.32 Å². The molecule has 0 aliphatic rings.